The minimum atomic E-state index is 0.0442. The van der Waals surface area contributed by atoms with Crippen LogP contribution in [-0.4, -0.2) is 0 Å². The van der Waals surface area contributed by atoms with Crippen molar-refractivity contribution in [3.05, 3.63) is 70.8 Å². The molecule has 0 saturated carbocycles. The Hall–Kier alpha value is -1.64. The molecule has 3 N–H and O–H groups in total. The third-order valence-corrected chi connectivity index (χ3v) is 3.80. The van der Waals surface area contributed by atoms with E-state index in [0.717, 1.165) is 6.42 Å². The molecule has 0 radical (unpaired) electrons. The summed E-state index contributed by atoms with van der Waals surface area (Å²) in [4.78, 5) is 0. The number of rotatable bonds is 5. The number of hydrogen-bond donors (Lipinski definition) is 2. The normalized spacial score (nSPS) is 12.7. The average molecular weight is 268 g/mol. The fourth-order valence-electron chi connectivity index (χ4n) is 2.45. The van der Waals surface area contributed by atoms with Gasteiger partial charge in [0.25, 0.3) is 0 Å². The van der Waals surface area contributed by atoms with Crippen molar-refractivity contribution >= 4 is 0 Å². The molecule has 20 heavy (non-hydrogen) atoms. The quantitative estimate of drug-likeness (QED) is 0.637. The number of hydrogen-bond acceptors (Lipinski definition) is 2. The highest BCUT2D eigenvalue weighted by Gasteiger charge is 2.12. The molecule has 0 saturated heterocycles. The summed E-state index contributed by atoms with van der Waals surface area (Å²) in [5.74, 6) is 6.33. The van der Waals surface area contributed by atoms with Crippen LogP contribution in [0.15, 0.2) is 48.5 Å². The summed E-state index contributed by atoms with van der Waals surface area (Å²) >= 11 is 0. The Morgan fingerprint density at radius 3 is 2.15 bits per heavy atom. The number of aryl methyl sites for hydroxylation is 1. The predicted molar refractivity (Wildman–Crippen MR) is 85.5 cm³/mol. The van der Waals surface area contributed by atoms with Crippen molar-refractivity contribution in [2.45, 2.75) is 39.2 Å². The van der Waals surface area contributed by atoms with E-state index < -0.39 is 0 Å². The second kappa shape index (κ2) is 6.69. The lowest BCUT2D eigenvalue weighted by molar-refractivity contribution is 0.635. The fraction of sp³-hybridized carbons (Fsp3) is 0.333. The van der Waals surface area contributed by atoms with Crippen LogP contribution in [0.25, 0.3) is 0 Å². The zero-order valence-electron chi connectivity index (χ0n) is 12.6. The minimum Gasteiger partial charge on any atom is -0.271 e. The summed E-state index contributed by atoms with van der Waals surface area (Å²) in [5, 5.41) is 0. The van der Waals surface area contributed by atoms with Crippen molar-refractivity contribution in [3.8, 4) is 0 Å². The molecule has 2 rings (SSSR count). The van der Waals surface area contributed by atoms with Gasteiger partial charge in [0.15, 0.2) is 0 Å². The lowest BCUT2D eigenvalue weighted by atomic mass is 9.94. The van der Waals surface area contributed by atoms with Crippen LogP contribution >= 0.6 is 0 Å². The van der Waals surface area contributed by atoms with Crippen LogP contribution in [0, 0.1) is 0 Å². The van der Waals surface area contributed by atoms with E-state index in [9.17, 15) is 0 Å². The Balaban J connectivity index is 2.31. The van der Waals surface area contributed by atoms with Gasteiger partial charge in [-0.15, -0.1) is 0 Å². The molecule has 1 unspecified atom stereocenters. The first-order valence-electron chi connectivity index (χ1n) is 7.30. The van der Waals surface area contributed by atoms with Gasteiger partial charge in [0.1, 0.15) is 0 Å². The smallest absolute Gasteiger partial charge is 0.0710 e. The lowest BCUT2D eigenvalue weighted by Gasteiger charge is -2.18. The SMILES string of the molecule is CCc1cccc(C(NN)c2ccc(C(C)C)cc2)c1. The maximum Gasteiger partial charge on any atom is 0.0710 e. The topological polar surface area (TPSA) is 38.0 Å². The second-order valence-corrected chi connectivity index (χ2v) is 5.52. The van der Waals surface area contributed by atoms with Crippen molar-refractivity contribution in [2.75, 3.05) is 0 Å². The Kier molecular flexibility index (Phi) is 4.94. The van der Waals surface area contributed by atoms with Gasteiger partial charge < -0.3 is 0 Å². The predicted octanol–water partition coefficient (Wildman–Crippen LogP) is 3.93. The van der Waals surface area contributed by atoms with Crippen molar-refractivity contribution in [3.63, 3.8) is 0 Å². The first-order valence-corrected chi connectivity index (χ1v) is 7.30. The molecular weight excluding hydrogens is 244 g/mol. The first-order chi connectivity index (χ1) is 9.65. The molecule has 2 aromatic rings. The fourth-order valence-corrected chi connectivity index (χ4v) is 2.45. The van der Waals surface area contributed by atoms with Gasteiger partial charge in [-0.2, -0.15) is 0 Å². The van der Waals surface area contributed by atoms with Crippen LogP contribution in [0.3, 0.4) is 0 Å². The zero-order valence-corrected chi connectivity index (χ0v) is 12.6. The number of nitrogens with two attached hydrogens (primary N) is 1. The Morgan fingerprint density at radius 1 is 0.950 bits per heavy atom. The largest absolute Gasteiger partial charge is 0.271 e. The van der Waals surface area contributed by atoms with E-state index in [-0.39, 0.29) is 6.04 Å². The van der Waals surface area contributed by atoms with E-state index >= 15 is 0 Å². The van der Waals surface area contributed by atoms with Crippen LogP contribution in [0.5, 0.6) is 0 Å². The van der Waals surface area contributed by atoms with Gasteiger partial charge in [-0.25, -0.2) is 5.43 Å². The average Bonchev–Trinajstić information content (AvgIpc) is 2.49. The molecular formula is C18H24N2. The first kappa shape index (κ1) is 14.8. The van der Waals surface area contributed by atoms with Crippen LogP contribution in [0.2, 0.25) is 0 Å². The molecule has 0 bridgehead atoms. The van der Waals surface area contributed by atoms with Gasteiger partial charge in [0.2, 0.25) is 0 Å². The third kappa shape index (κ3) is 3.27. The second-order valence-electron chi connectivity index (χ2n) is 5.52. The molecule has 0 amide bonds. The summed E-state index contributed by atoms with van der Waals surface area (Å²) in [6.07, 6.45) is 1.04. The molecule has 0 aliphatic rings. The molecule has 0 spiro atoms. The molecule has 0 aliphatic carbocycles. The molecule has 106 valence electrons. The summed E-state index contributed by atoms with van der Waals surface area (Å²) in [7, 11) is 0. The molecule has 2 nitrogen and oxygen atoms in total. The zero-order chi connectivity index (χ0) is 14.5. The molecule has 2 aromatic carbocycles. The van der Waals surface area contributed by atoms with Gasteiger partial charge in [0, 0.05) is 0 Å². The van der Waals surface area contributed by atoms with Crippen molar-refractivity contribution in [1.82, 2.24) is 5.43 Å². The maximum atomic E-state index is 5.78. The monoisotopic (exact) mass is 268 g/mol. The molecule has 0 aliphatic heterocycles. The van der Waals surface area contributed by atoms with Crippen LogP contribution < -0.4 is 11.3 Å². The van der Waals surface area contributed by atoms with E-state index in [2.05, 4.69) is 74.7 Å². The molecule has 0 aromatic heterocycles. The summed E-state index contributed by atoms with van der Waals surface area (Å²) in [5.41, 5.74) is 8.03. The highest BCUT2D eigenvalue weighted by molar-refractivity contribution is 5.36. The van der Waals surface area contributed by atoms with E-state index in [1.807, 2.05) is 0 Å². The van der Waals surface area contributed by atoms with Gasteiger partial charge >= 0.3 is 0 Å². The van der Waals surface area contributed by atoms with Crippen LogP contribution in [-0.2, 0) is 6.42 Å². The number of nitrogens with one attached hydrogen (secondary N) is 1. The Morgan fingerprint density at radius 2 is 1.60 bits per heavy atom. The molecule has 0 heterocycles. The highest BCUT2D eigenvalue weighted by atomic mass is 15.2. The summed E-state index contributed by atoms with van der Waals surface area (Å²) in [6, 6.07) is 17.3. The minimum absolute atomic E-state index is 0.0442. The van der Waals surface area contributed by atoms with E-state index in [1.165, 1.54) is 22.3 Å². The van der Waals surface area contributed by atoms with Gasteiger partial charge in [-0.05, 0) is 34.6 Å². The summed E-state index contributed by atoms with van der Waals surface area (Å²) in [6.45, 7) is 6.58. The lowest BCUT2D eigenvalue weighted by Crippen LogP contribution is -2.28. The van der Waals surface area contributed by atoms with Crippen LogP contribution in [0.1, 0.15) is 55.0 Å². The Labute approximate surface area is 122 Å². The number of benzene rings is 2. The van der Waals surface area contributed by atoms with E-state index in [4.69, 9.17) is 5.84 Å². The molecule has 0 fully saturated rings. The van der Waals surface area contributed by atoms with Gasteiger partial charge in [0.05, 0.1) is 6.04 Å². The standard InChI is InChI=1S/C18H24N2/c1-4-14-6-5-7-17(12-14)18(20-19)16-10-8-15(9-11-16)13(2)3/h5-13,18,20H,4,19H2,1-3H3. The van der Waals surface area contributed by atoms with Gasteiger partial charge in [-0.3, -0.25) is 5.84 Å². The van der Waals surface area contributed by atoms with Gasteiger partial charge in [-0.1, -0.05) is 69.3 Å². The number of hydrazine groups is 1. The molecule has 1 atom stereocenters. The Bertz CT molecular complexity index is 544. The van der Waals surface area contributed by atoms with Crippen molar-refractivity contribution in [2.24, 2.45) is 5.84 Å². The third-order valence-electron chi connectivity index (χ3n) is 3.80. The summed E-state index contributed by atoms with van der Waals surface area (Å²) < 4.78 is 0. The van der Waals surface area contributed by atoms with E-state index in [1.54, 1.807) is 0 Å². The maximum absolute atomic E-state index is 5.78. The highest BCUT2D eigenvalue weighted by Crippen LogP contribution is 2.24. The molecule has 2 heteroatoms. The van der Waals surface area contributed by atoms with Crippen LogP contribution in [0.4, 0.5) is 0 Å². The van der Waals surface area contributed by atoms with E-state index in [0.29, 0.717) is 5.92 Å². The van der Waals surface area contributed by atoms with Crippen molar-refractivity contribution < 1.29 is 0 Å². The van der Waals surface area contributed by atoms with Crippen molar-refractivity contribution in [1.29, 1.82) is 0 Å².